The molecule has 3 aromatic rings. The van der Waals surface area contributed by atoms with E-state index in [2.05, 4.69) is 10.3 Å². The van der Waals surface area contributed by atoms with E-state index in [1.165, 1.54) is 11.3 Å². The van der Waals surface area contributed by atoms with Crippen LogP contribution in [0.25, 0.3) is 10.6 Å². The minimum Gasteiger partial charge on any atom is -0.347 e. The summed E-state index contributed by atoms with van der Waals surface area (Å²) in [5, 5.41) is 4.37. The molecule has 5 nitrogen and oxygen atoms in total. The predicted octanol–water partition coefficient (Wildman–Crippen LogP) is 4.83. The van der Waals surface area contributed by atoms with Crippen LogP contribution in [0.5, 0.6) is 0 Å². The van der Waals surface area contributed by atoms with Crippen molar-refractivity contribution in [2.75, 3.05) is 11.4 Å². The molecule has 1 saturated heterocycles. The van der Waals surface area contributed by atoms with Crippen LogP contribution >= 0.6 is 22.9 Å². The van der Waals surface area contributed by atoms with Crippen molar-refractivity contribution in [2.45, 2.75) is 26.3 Å². The number of aromatic nitrogens is 1. The number of amides is 2. The van der Waals surface area contributed by atoms with Gasteiger partial charge in [-0.2, -0.15) is 0 Å². The van der Waals surface area contributed by atoms with Gasteiger partial charge < -0.3 is 10.2 Å². The normalized spacial score (nSPS) is 13.7. The summed E-state index contributed by atoms with van der Waals surface area (Å²) in [6.45, 7) is 3.02. The molecule has 2 aromatic carbocycles. The third-order valence-corrected chi connectivity index (χ3v) is 6.29. The highest BCUT2D eigenvalue weighted by molar-refractivity contribution is 7.17. The second-order valence-electron chi connectivity index (χ2n) is 6.94. The Morgan fingerprint density at radius 2 is 2.03 bits per heavy atom. The van der Waals surface area contributed by atoms with Gasteiger partial charge >= 0.3 is 0 Å². The zero-order valence-electron chi connectivity index (χ0n) is 15.9. The molecule has 2 heterocycles. The maximum Gasteiger partial charge on any atom is 0.263 e. The Labute approximate surface area is 178 Å². The third-order valence-electron chi connectivity index (χ3n) is 4.85. The lowest BCUT2D eigenvalue weighted by Gasteiger charge is -2.16. The van der Waals surface area contributed by atoms with E-state index in [1.54, 1.807) is 4.90 Å². The number of hydrogen-bond donors (Lipinski definition) is 1. The predicted molar refractivity (Wildman–Crippen MR) is 116 cm³/mol. The summed E-state index contributed by atoms with van der Waals surface area (Å²) >= 11 is 7.42. The molecule has 1 aromatic heterocycles. The van der Waals surface area contributed by atoms with E-state index in [4.69, 9.17) is 11.6 Å². The molecule has 0 unspecified atom stereocenters. The van der Waals surface area contributed by atoms with Gasteiger partial charge in [-0.3, -0.25) is 9.59 Å². The number of halogens is 1. The van der Waals surface area contributed by atoms with Crippen LogP contribution in [0.1, 0.15) is 33.8 Å². The van der Waals surface area contributed by atoms with Gasteiger partial charge in [-0.1, -0.05) is 35.9 Å². The van der Waals surface area contributed by atoms with E-state index >= 15 is 0 Å². The highest BCUT2D eigenvalue weighted by atomic mass is 35.5. The van der Waals surface area contributed by atoms with Gasteiger partial charge in [0.15, 0.2) is 0 Å². The first-order valence-electron chi connectivity index (χ1n) is 9.42. The second kappa shape index (κ2) is 8.35. The summed E-state index contributed by atoms with van der Waals surface area (Å²) in [6, 6.07) is 15.2. The number of nitrogens with one attached hydrogen (secondary N) is 1. The van der Waals surface area contributed by atoms with E-state index < -0.39 is 0 Å². The minimum atomic E-state index is -0.146. The van der Waals surface area contributed by atoms with Crippen LogP contribution in [0.15, 0.2) is 48.5 Å². The maximum absolute atomic E-state index is 12.6. The Bertz CT molecular complexity index is 1060. The van der Waals surface area contributed by atoms with Crippen molar-refractivity contribution in [3.63, 3.8) is 0 Å². The smallest absolute Gasteiger partial charge is 0.263 e. The summed E-state index contributed by atoms with van der Waals surface area (Å²) in [4.78, 5) is 31.4. The lowest BCUT2D eigenvalue weighted by molar-refractivity contribution is -0.117. The molecule has 148 valence electrons. The first kappa shape index (κ1) is 19.6. The molecule has 0 atom stereocenters. The quantitative estimate of drug-likeness (QED) is 0.636. The van der Waals surface area contributed by atoms with E-state index in [0.29, 0.717) is 28.6 Å². The van der Waals surface area contributed by atoms with Crippen LogP contribution in [-0.4, -0.2) is 23.3 Å². The summed E-state index contributed by atoms with van der Waals surface area (Å²) in [5.74, 6) is 0.0225. The number of thiazole rings is 1. The SMILES string of the molecule is Cc1nc(-c2cccc(Cl)c2)sc1C(=O)NCc1ccc(N2CCCC2=O)cc1. The molecule has 0 aliphatic carbocycles. The molecule has 0 spiro atoms. The number of carbonyl (C=O) groups excluding carboxylic acids is 2. The average Bonchev–Trinajstić information content (AvgIpc) is 3.32. The van der Waals surface area contributed by atoms with Gasteiger partial charge in [0.25, 0.3) is 5.91 Å². The number of carbonyl (C=O) groups is 2. The van der Waals surface area contributed by atoms with Crippen molar-refractivity contribution in [2.24, 2.45) is 0 Å². The van der Waals surface area contributed by atoms with Crippen molar-refractivity contribution in [1.82, 2.24) is 10.3 Å². The van der Waals surface area contributed by atoms with Crippen LogP contribution in [-0.2, 0) is 11.3 Å². The number of benzene rings is 2. The second-order valence-corrected chi connectivity index (χ2v) is 8.38. The van der Waals surface area contributed by atoms with Crippen LogP contribution in [0.4, 0.5) is 5.69 Å². The number of anilines is 1. The standard InChI is InChI=1S/C22H20ClN3O2S/c1-14-20(29-22(25-14)16-4-2-5-17(23)12-16)21(28)24-13-15-7-9-18(10-8-15)26-11-3-6-19(26)27/h2,4-5,7-10,12H,3,6,11,13H2,1H3,(H,24,28). The molecule has 4 rings (SSSR count). The molecule has 0 radical (unpaired) electrons. The molecule has 1 N–H and O–H groups in total. The van der Waals surface area contributed by atoms with Gasteiger partial charge in [-0.05, 0) is 43.2 Å². The van der Waals surface area contributed by atoms with E-state index in [0.717, 1.165) is 34.8 Å². The first-order valence-corrected chi connectivity index (χ1v) is 10.6. The van der Waals surface area contributed by atoms with Crippen LogP contribution in [0, 0.1) is 6.92 Å². The van der Waals surface area contributed by atoms with Crippen LogP contribution in [0.2, 0.25) is 5.02 Å². The van der Waals surface area contributed by atoms with Crippen molar-refractivity contribution in [1.29, 1.82) is 0 Å². The minimum absolute atomic E-state index is 0.146. The average molecular weight is 426 g/mol. The monoisotopic (exact) mass is 425 g/mol. The van der Waals surface area contributed by atoms with E-state index in [1.807, 2.05) is 55.5 Å². The molecule has 2 amide bonds. The summed E-state index contributed by atoms with van der Waals surface area (Å²) < 4.78 is 0. The van der Waals surface area contributed by atoms with E-state index in [9.17, 15) is 9.59 Å². The highest BCUT2D eigenvalue weighted by Gasteiger charge is 2.21. The Morgan fingerprint density at radius 1 is 1.24 bits per heavy atom. The maximum atomic E-state index is 12.6. The molecule has 1 aliphatic rings. The fourth-order valence-corrected chi connectivity index (χ4v) is 4.50. The van der Waals surface area contributed by atoms with E-state index in [-0.39, 0.29) is 11.8 Å². The molecule has 7 heteroatoms. The number of rotatable bonds is 5. The van der Waals surface area contributed by atoms with Gasteiger partial charge in [0.1, 0.15) is 9.88 Å². The molecule has 29 heavy (non-hydrogen) atoms. The number of nitrogens with zero attached hydrogens (tertiary/aromatic N) is 2. The number of aryl methyl sites for hydroxylation is 1. The zero-order chi connectivity index (χ0) is 20.4. The van der Waals surface area contributed by atoms with Crippen LogP contribution < -0.4 is 10.2 Å². The fourth-order valence-electron chi connectivity index (χ4n) is 3.33. The molecule has 1 fully saturated rings. The molecule has 1 aliphatic heterocycles. The van der Waals surface area contributed by atoms with Crippen molar-refractivity contribution in [3.8, 4) is 10.6 Å². The molecule has 0 bridgehead atoms. The largest absolute Gasteiger partial charge is 0.347 e. The van der Waals surface area contributed by atoms with Gasteiger partial charge in [0, 0.05) is 35.8 Å². The molecular formula is C22H20ClN3O2S. The summed E-state index contributed by atoms with van der Waals surface area (Å²) in [7, 11) is 0. The number of hydrogen-bond acceptors (Lipinski definition) is 4. The summed E-state index contributed by atoms with van der Waals surface area (Å²) in [5.41, 5.74) is 3.49. The molecule has 0 saturated carbocycles. The summed E-state index contributed by atoms with van der Waals surface area (Å²) in [6.07, 6.45) is 1.52. The Hall–Kier alpha value is -2.70. The van der Waals surface area contributed by atoms with Crippen molar-refractivity contribution in [3.05, 3.63) is 69.7 Å². The van der Waals surface area contributed by atoms with Crippen LogP contribution in [0.3, 0.4) is 0 Å². The van der Waals surface area contributed by atoms with Gasteiger partial charge in [-0.25, -0.2) is 4.98 Å². The zero-order valence-corrected chi connectivity index (χ0v) is 17.5. The Morgan fingerprint density at radius 3 is 2.72 bits per heavy atom. The molecular weight excluding hydrogens is 406 g/mol. The van der Waals surface area contributed by atoms with Crippen molar-refractivity contribution < 1.29 is 9.59 Å². The van der Waals surface area contributed by atoms with Gasteiger partial charge in [-0.15, -0.1) is 11.3 Å². The Balaban J connectivity index is 1.41. The third kappa shape index (κ3) is 4.33. The lowest BCUT2D eigenvalue weighted by Crippen LogP contribution is -2.24. The highest BCUT2D eigenvalue weighted by Crippen LogP contribution is 2.29. The van der Waals surface area contributed by atoms with Gasteiger partial charge in [0.2, 0.25) is 5.91 Å². The van der Waals surface area contributed by atoms with Gasteiger partial charge in [0.05, 0.1) is 5.69 Å². The Kier molecular flexibility index (Phi) is 5.65. The van der Waals surface area contributed by atoms with Crippen molar-refractivity contribution >= 4 is 40.4 Å². The fraction of sp³-hybridized carbons (Fsp3) is 0.227. The first-order chi connectivity index (χ1) is 14.0. The lowest BCUT2D eigenvalue weighted by atomic mass is 10.2. The topological polar surface area (TPSA) is 62.3 Å².